The molecule has 0 spiro atoms. The van der Waals surface area contributed by atoms with Gasteiger partial charge in [-0.25, -0.2) is 4.68 Å². The topological polar surface area (TPSA) is 71.8 Å². The molecular weight excluding hydrogens is 427 g/mol. The molecule has 3 aromatic rings. The summed E-state index contributed by atoms with van der Waals surface area (Å²) in [4.78, 5) is 13.2. The first-order valence-electron chi connectivity index (χ1n) is 9.68. The van der Waals surface area contributed by atoms with Crippen molar-refractivity contribution in [2.75, 3.05) is 10.7 Å². The van der Waals surface area contributed by atoms with Crippen LogP contribution in [-0.4, -0.2) is 26.0 Å². The first kappa shape index (κ1) is 21.2. The van der Waals surface area contributed by atoms with Crippen molar-refractivity contribution in [1.29, 1.82) is 0 Å². The third-order valence-corrected chi connectivity index (χ3v) is 6.19. The number of carbonyl (C=O) groups excluding carboxylic acids is 1. The number of halogens is 3. The Kier molecular flexibility index (Phi) is 5.65. The van der Waals surface area contributed by atoms with E-state index in [1.165, 1.54) is 23.9 Å². The molecule has 0 radical (unpaired) electrons. The zero-order valence-electron chi connectivity index (χ0n) is 16.8. The highest BCUT2D eigenvalue weighted by Gasteiger charge is 2.38. The van der Waals surface area contributed by atoms with Crippen LogP contribution >= 0.6 is 11.8 Å². The second kappa shape index (κ2) is 8.26. The Bertz CT molecular complexity index is 1100. The minimum absolute atomic E-state index is 0.0874. The molecule has 0 bridgehead atoms. The zero-order chi connectivity index (χ0) is 22.2. The summed E-state index contributed by atoms with van der Waals surface area (Å²) in [6.45, 7) is 3.93. The summed E-state index contributed by atoms with van der Waals surface area (Å²) < 4.78 is 40.9. The van der Waals surface area contributed by atoms with Crippen LogP contribution in [0, 0.1) is 6.92 Å². The lowest BCUT2D eigenvalue weighted by Crippen LogP contribution is -2.41. The molecule has 2 heterocycles. The van der Waals surface area contributed by atoms with Crippen molar-refractivity contribution < 1.29 is 18.0 Å². The van der Waals surface area contributed by atoms with Crippen molar-refractivity contribution in [3.05, 3.63) is 71.0 Å². The number of hydrogen-bond donors (Lipinski definition) is 2. The third kappa shape index (κ3) is 4.39. The molecule has 31 heavy (non-hydrogen) atoms. The molecule has 2 aromatic carbocycles. The fraction of sp³-hybridized carbons (Fsp3) is 0.286. The Morgan fingerprint density at radius 2 is 1.94 bits per heavy atom. The predicted molar refractivity (Wildman–Crippen MR) is 112 cm³/mol. The van der Waals surface area contributed by atoms with Crippen molar-refractivity contribution in [2.24, 2.45) is 0 Å². The first-order valence-corrected chi connectivity index (χ1v) is 10.6. The number of alkyl halides is 3. The molecule has 0 saturated heterocycles. The van der Waals surface area contributed by atoms with Gasteiger partial charge in [-0.05, 0) is 30.7 Å². The van der Waals surface area contributed by atoms with Crippen molar-refractivity contribution in [3.63, 3.8) is 0 Å². The maximum atomic E-state index is 13.2. The Balaban J connectivity index is 1.65. The maximum Gasteiger partial charge on any atom is 0.416 e. The molecule has 0 saturated carbocycles. The number of carbonyl (C=O) groups is 1. The van der Waals surface area contributed by atoms with Gasteiger partial charge in [0.25, 0.3) is 0 Å². The van der Waals surface area contributed by atoms with E-state index in [0.717, 1.165) is 29.1 Å². The van der Waals surface area contributed by atoms with Crippen LogP contribution in [0.5, 0.6) is 0 Å². The summed E-state index contributed by atoms with van der Waals surface area (Å²) in [5, 5.41) is 10.8. The van der Waals surface area contributed by atoms with Crippen LogP contribution in [0.2, 0.25) is 0 Å². The monoisotopic (exact) mass is 447 g/mol. The molecule has 2 N–H and O–H groups in total. The van der Waals surface area contributed by atoms with E-state index in [1.807, 2.05) is 38.1 Å². The lowest BCUT2D eigenvalue weighted by molar-refractivity contribution is -0.137. The third-order valence-electron chi connectivity index (χ3n) is 4.97. The average Bonchev–Trinajstić information content (AvgIpc) is 3.15. The first-order chi connectivity index (χ1) is 14.8. The fourth-order valence-corrected chi connectivity index (χ4v) is 4.44. The zero-order valence-corrected chi connectivity index (χ0v) is 17.6. The number of rotatable bonds is 4. The largest absolute Gasteiger partial charge is 0.416 e. The van der Waals surface area contributed by atoms with Gasteiger partial charge in [0.2, 0.25) is 11.1 Å². The Morgan fingerprint density at radius 3 is 2.61 bits per heavy atom. The summed E-state index contributed by atoms with van der Waals surface area (Å²) in [6.07, 6.45) is -3.83. The van der Waals surface area contributed by atoms with Gasteiger partial charge in [-0.3, -0.25) is 4.79 Å². The van der Waals surface area contributed by atoms with Crippen LogP contribution in [0.25, 0.3) is 0 Å². The van der Waals surface area contributed by atoms with Gasteiger partial charge in [0, 0.05) is 12.1 Å². The minimum Gasteiger partial charge on any atom is -0.325 e. The van der Waals surface area contributed by atoms with Crippen LogP contribution in [-0.2, 0) is 17.4 Å². The Labute approximate surface area is 181 Å². The van der Waals surface area contributed by atoms with Gasteiger partial charge < -0.3 is 10.7 Å². The lowest BCUT2D eigenvalue weighted by atomic mass is 10.0. The van der Waals surface area contributed by atoms with Gasteiger partial charge in [0.05, 0.1) is 11.6 Å². The van der Waals surface area contributed by atoms with Gasteiger partial charge in [-0.15, -0.1) is 10.2 Å². The number of fused-ring (bicyclic) bond motifs is 1. The number of aromatic nitrogens is 3. The van der Waals surface area contributed by atoms with E-state index in [2.05, 4.69) is 20.9 Å². The molecule has 2 atom stereocenters. The second-order valence-electron chi connectivity index (χ2n) is 7.21. The van der Waals surface area contributed by atoms with Crippen LogP contribution in [0.15, 0.2) is 53.7 Å². The maximum absolute atomic E-state index is 13.2. The van der Waals surface area contributed by atoms with Crippen LogP contribution in [0.1, 0.15) is 35.5 Å². The number of anilines is 1. The van der Waals surface area contributed by atoms with E-state index in [9.17, 15) is 18.0 Å². The number of nitrogens with zero attached hydrogens (tertiary/aromatic N) is 3. The molecule has 1 aliphatic rings. The summed E-state index contributed by atoms with van der Waals surface area (Å²) in [5.74, 6) is 0.311. The Morgan fingerprint density at radius 1 is 1.19 bits per heavy atom. The molecule has 1 aromatic heterocycles. The molecule has 0 aliphatic carbocycles. The van der Waals surface area contributed by atoms with E-state index in [4.69, 9.17) is 0 Å². The number of amides is 1. The van der Waals surface area contributed by atoms with E-state index in [1.54, 1.807) is 4.68 Å². The van der Waals surface area contributed by atoms with Gasteiger partial charge >= 0.3 is 6.18 Å². The SMILES string of the molecule is CCc1nnc2n1N[C@H](c1ccc(C)cc1)[C@H](C(=O)Nc1cccc(C(F)(F)F)c1)S2. The second-order valence-corrected chi connectivity index (χ2v) is 8.32. The molecule has 0 fully saturated rings. The van der Waals surface area contributed by atoms with E-state index < -0.39 is 28.9 Å². The molecule has 162 valence electrons. The number of nitrogens with one attached hydrogen (secondary N) is 2. The fourth-order valence-electron chi connectivity index (χ4n) is 3.34. The standard InChI is InChI=1S/C21H20F3N5OS/c1-3-16-26-27-20-29(16)28-17(13-9-7-12(2)8-10-13)18(31-20)19(30)25-15-6-4-5-14(11-15)21(22,23)24/h4-11,17-18,28H,3H2,1-2H3,(H,25,30)/t17-,18-/m1/s1. The summed E-state index contributed by atoms with van der Waals surface area (Å²) in [5.41, 5.74) is 4.54. The van der Waals surface area contributed by atoms with Gasteiger partial charge in [-0.2, -0.15) is 13.2 Å². The molecule has 6 nitrogen and oxygen atoms in total. The summed E-state index contributed by atoms with van der Waals surface area (Å²) in [6, 6.07) is 11.9. The Hall–Kier alpha value is -3.01. The van der Waals surface area contributed by atoms with Gasteiger partial charge in [0.1, 0.15) is 5.25 Å². The minimum atomic E-state index is -4.49. The van der Waals surface area contributed by atoms with Crippen LogP contribution < -0.4 is 10.7 Å². The van der Waals surface area contributed by atoms with Crippen LogP contribution in [0.3, 0.4) is 0 Å². The molecule has 0 unspecified atom stereocenters. The number of benzene rings is 2. The molecule has 10 heteroatoms. The van der Waals surface area contributed by atoms with E-state index in [0.29, 0.717) is 11.6 Å². The smallest absolute Gasteiger partial charge is 0.325 e. The van der Waals surface area contributed by atoms with Gasteiger partial charge in [0.15, 0.2) is 5.82 Å². The summed E-state index contributed by atoms with van der Waals surface area (Å²) in [7, 11) is 0. The van der Waals surface area contributed by atoms with Crippen molar-refractivity contribution in [3.8, 4) is 0 Å². The molecular formula is C21H20F3N5OS. The van der Waals surface area contributed by atoms with E-state index >= 15 is 0 Å². The van der Waals surface area contributed by atoms with Crippen molar-refractivity contribution in [1.82, 2.24) is 14.9 Å². The number of hydrogen-bond acceptors (Lipinski definition) is 5. The predicted octanol–water partition coefficient (Wildman–Crippen LogP) is 4.57. The van der Waals surface area contributed by atoms with E-state index in [-0.39, 0.29) is 5.69 Å². The molecule has 1 amide bonds. The molecule has 4 rings (SSSR count). The van der Waals surface area contributed by atoms with Crippen molar-refractivity contribution in [2.45, 2.75) is 42.9 Å². The summed E-state index contributed by atoms with van der Waals surface area (Å²) >= 11 is 1.23. The highest BCUT2D eigenvalue weighted by atomic mass is 32.2. The normalized spacial score (nSPS) is 18.2. The molecule has 1 aliphatic heterocycles. The number of thioether (sulfide) groups is 1. The quantitative estimate of drug-likeness (QED) is 0.613. The number of aryl methyl sites for hydroxylation is 2. The lowest BCUT2D eigenvalue weighted by Gasteiger charge is -2.33. The highest BCUT2D eigenvalue weighted by Crippen LogP contribution is 2.38. The average molecular weight is 447 g/mol. The van der Waals surface area contributed by atoms with Crippen molar-refractivity contribution >= 4 is 23.4 Å². The van der Waals surface area contributed by atoms with Gasteiger partial charge in [-0.1, -0.05) is 54.6 Å². The highest BCUT2D eigenvalue weighted by molar-refractivity contribution is 8.00. The van der Waals surface area contributed by atoms with Crippen LogP contribution in [0.4, 0.5) is 18.9 Å².